The number of carbonyl (C=O) groups is 1. The fourth-order valence-corrected chi connectivity index (χ4v) is 6.01. The van der Waals surface area contributed by atoms with Crippen LogP contribution in [0.15, 0.2) is 34.5 Å². The second-order valence-electron chi connectivity index (χ2n) is 7.84. The van der Waals surface area contributed by atoms with Gasteiger partial charge in [-0.3, -0.25) is 9.69 Å². The molecule has 2 saturated heterocycles. The van der Waals surface area contributed by atoms with Crippen molar-refractivity contribution in [2.24, 2.45) is 0 Å². The molecule has 2 fully saturated rings. The number of sulfonamides is 1. The van der Waals surface area contributed by atoms with Crippen LogP contribution < -0.4 is 5.32 Å². The molecule has 1 aromatic carbocycles. The topological polar surface area (TPSA) is 91.8 Å². The standard InChI is InChI=1S/C21H28N4O4S2/c26-20(23-21-22-18(16-30-21)15-24-11-13-29-14-12-24)8-5-17-3-6-19(7-4-17)31(27,28)25-9-1-2-10-25/h3-4,6-7,16H,1-2,5,8-15H2,(H,22,23,26). The van der Waals surface area contributed by atoms with Crippen molar-refractivity contribution in [1.82, 2.24) is 14.2 Å². The number of hydrogen-bond donors (Lipinski definition) is 1. The third-order valence-corrected chi connectivity index (χ3v) is 8.27. The molecule has 2 aromatic rings. The highest BCUT2D eigenvalue weighted by Crippen LogP contribution is 2.22. The number of nitrogens with zero attached hydrogens (tertiary/aromatic N) is 3. The van der Waals surface area contributed by atoms with E-state index >= 15 is 0 Å². The van der Waals surface area contributed by atoms with E-state index < -0.39 is 10.0 Å². The first-order valence-corrected chi connectivity index (χ1v) is 13.0. The summed E-state index contributed by atoms with van der Waals surface area (Å²) < 4.78 is 32.1. The zero-order valence-corrected chi connectivity index (χ0v) is 19.1. The number of aryl methyl sites for hydroxylation is 1. The van der Waals surface area contributed by atoms with E-state index in [1.165, 1.54) is 15.6 Å². The normalized spacial score (nSPS) is 18.3. The maximum absolute atomic E-state index is 12.6. The van der Waals surface area contributed by atoms with Gasteiger partial charge in [0.25, 0.3) is 0 Å². The number of nitrogens with one attached hydrogen (secondary N) is 1. The van der Waals surface area contributed by atoms with Crippen molar-refractivity contribution in [2.45, 2.75) is 37.1 Å². The Kier molecular flexibility index (Phi) is 7.34. The number of hydrogen-bond acceptors (Lipinski definition) is 7. The molecule has 0 saturated carbocycles. The van der Waals surface area contributed by atoms with Gasteiger partial charge in [0, 0.05) is 44.5 Å². The second kappa shape index (κ2) is 10.2. The summed E-state index contributed by atoms with van der Waals surface area (Å²) in [5.41, 5.74) is 1.89. The zero-order chi connectivity index (χ0) is 21.7. The molecular formula is C21H28N4O4S2. The molecule has 2 aliphatic rings. The summed E-state index contributed by atoms with van der Waals surface area (Å²) in [5, 5.41) is 5.45. The minimum atomic E-state index is -3.40. The Bertz CT molecular complexity index is 979. The lowest BCUT2D eigenvalue weighted by Crippen LogP contribution is -2.35. The van der Waals surface area contributed by atoms with Crippen molar-refractivity contribution in [3.63, 3.8) is 0 Å². The van der Waals surface area contributed by atoms with Crippen LogP contribution in [0.3, 0.4) is 0 Å². The second-order valence-corrected chi connectivity index (χ2v) is 10.6. The molecule has 0 aliphatic carbocycles. The molecule has 31 heavy (non-hydrogen) atoms. The fraction of sp³-hybridized carbons (Fsp3) is 0.524. The average molecular weight is 465 g/mol. The minimum absolute atomic E-state index is 0.0963. The molecule has 0 unspecified atom stereocenters. The molecule has 1 aromatic heterocycles. The van der Waals surface area contributed by atoms with Crippen LogP contribution in [0.5, 0.6) is 0 Å². The molecule has 4 rings (SSSR count). The first-order valence-electron chi connectivity index (χ1n) is 10.6. The Morgan fingerprint density at radius 3 is 2.52 bits per heavy atom. The van der Waals surface area contributed by atoms with E-state index in [0.717, 1.165) is 56.9 Å². The van der Waals surface area contributed by atoms with Gasteiger partial charge >= 0.3 is 0 Å². The first-order chi connectivity index (χ1) is 15.0. The lowest BCUT2D eigenvalue weighted by atomic mass is 10.1. The van der Waals surface area contributed by atoms with Gasteiger partial charge in [-0.05, 0) is 37.0 Å². The summed E-state index contributed by atoms with van der Waals surface area (Å²) in [6, 6.07) is 6.86. The van der Waals surface area contributed by atoms with E-state index in [0.29, 0.717) is 36.0 Å². The van der Waals surface area contributed by atoms with Gasteiger partial charge in [0.05, 0.1) is 23.8 Å². The van der Waals surface area contributed by atoms with E-state index in [1.807, 2.05) is 5.38 Å². The van der Waals surface area contributed by atoms with E-state index in [2.05, 4.69) is 15.2 Å². The number of morpholine rings is 1. The Hall–Kier alpha value is -1.85. The number of anilines is 1. The number of thiazole rings is 1. The lowest BCUT2D eigenvalue weighted by Gasteiger charge is -2.25. The maximum atomic E-state index is 12.6. The molecule has 0 radical (unpaired) electrons. The van der Waals surface area contributed by atoms with Crippen molar-refractivity contribution in [2.75, 3.05) is 44.7 Å². The number of ether oxygens (including phenoxy) is 1. The monoisotopic (exact) mass is 464 g/mol. The number of amides is 1. The SMILES string of the molecule is O=C(CCc1ccc(S(=O)(=O)N2CCCC2)cc1)Nc1nc(CN2CCOCC2)cs1. The Labute approximate surface area is 187 Å². The van der Waals surface area contributed by atoms with Crippen LogP contribution in [0.2, 0.25) is 0 Å². The quantitative estimate of drug-likeness (QED) is 0.645. The van der Waals surface area contributed by atoms with Crippen LogP contribution in [0.25, 0.3) is 0 Å². The van der Waals surface area contributed by atoms with Crippen LogP contribution >= 0.6 is 11.3 Å². The summed E-state index contributed by atoms with van der Waals surface area (Å²) in [6.45, 7) is 5.25. The largest absolute Gasteiger partial charge is 0.379 e. The van der Waals surface area contributed by atoms with Gasteiger partial charge in [-0.25, -0.2) is 13.4 Å². The number of rotatable bonds is 8. The van der Waals surface area contributed by atoms with Gasteiger partial charge in [-0.2, -0.15) is 4.31 Å². The van der Waals surface area contributed by atoms with Crippen molar-refractivity contribution < 1.29 is 17.9 Å². The minimum Gasteiger partial charge on any atom is -0.379 e. The number of carbonyl (C=O) groups excluding carboxylic acids is 1. The molecule has 10 heteroatoms. The third kappa shape index (κ3) is 5.89. The maximum Gasteiger partial charge on any atom is 0.243 e. The van der Waals surface area contributed by atoms with E-state index in [4.69, 9.17) is 4.74 Å². The van der Waals surface area contributed by atoms with Gasteiger partial charge in [0.2, 0.25) is 15.9 Å². The van der Waals surface area contributed by atoms with Crippen LogP contribution in [-0.2, 0) is 32.5 Å². The van der Waals surface area contributed by atoms with Gasteiger partial charge < -0.3 is 10.1 Å². The smallest absolute Gasteiger partial charge is 0.243 e. The molecule has 0 bridgehead atoms. The van der Waals surface area contributed by atoms with Crippen molar-refractivity contribution in [1.29, 1.82) is 0 Å². The van der Waals surface area contributed by atoms with E-state index in [9.17, 15) is 13.2 Å². The van der Waals surface area contributed by atoms with Crippen LogP contribution in [-0.4, -0.2) is 67.9 Å². The summed E-state index contributed by atoms with van der Waals surface area (Å²) in [6.07, 6.45) is 2.69. The van der Waals surface area contributed by atoms with Gasteiger partial charge in [-0.15, -0.1) is 11.3 Å². The van der Waals surface area contributed by atoms with Crippen molar-refractivity contribution in [3.05, 3.63) is 40.9 Å². The molecule has 0 atom stereocenters. The molecule has 3 heterocycles. The summed E-state index contributed by atoms with van der Waals surface area (Å²) in [4.78, 5) is 19.4. The molecule has 1 N–H and O–H groups in total. The number of benzene rings is 1. The number of aromatic nitrogens is 1. The first kappa shape index (κ1) is 22.3. The predicted molar refractivity (Wildman–Crippen MR) is 120 cm³/mol. The lowest BCUT2D eigenvalue weighted by molar-refractivity contribution is -0.116. The predicted octanol–water partition coefficient (Wildman–Crippen LogP) is 2.33. The van der Waals surface area contributed by atoms with Crippen LogP contribution in [0.4, 0.5) is 5.13 Å². The Morgan fingerprint density at radius 1 is 1.10 bits per heavy atom. The van der Waals surface area contributed by atoms with E-state index in [1.54, 1.807) is 24.3 Å². The van der Waals surface area contributed by atoms with Gasteiger partial charge in [-0.1, -0.05) is 12.1 Å². The van der Waals surface area contributed by atoms with Crippen molar-refractivity contribution in [3.8, 4) is 0 Å². The zero-order valence-electron chi connectivity index (χ0n) is 17.5. The summed E-state index contributed by atoms with van der Waals surface area (Å²) >= 11 is 1.43. The molecule has 168 valence electrons. The summed E-state index contributed by atoms with van der Waals surface area (Å²) in [5.74, 6) is -0.0963. The average Bonchev–Trinajstić information content (AvgIpc) is 3.46. The Balaban J connectivity index is 1.25. The molecule has 2 aliphatic heterocycles. The highest BCUT2D eigenvalue weighted by molar-refractivity contribution is 7.89. The van der Waals surface area contributed by atoms with Crippen LogP contribution in [0.1, 0.15) is 30.5 Å². The van der Waals surface area contributed by atoms with Gasteiger partial charge in [0.1, 0.15) is 0 Å². The molecule has 8 nitrogen and oxygen atoms in total. The third-order valence-electron chi connectivity index (χ3n) is 5.55. The van der Waals surface area contributed by atoms with Crippen LogP contribution in [0, 0.1) is 0 Å². The highest BCUT2D eigenvalue weighted by Gasteiger charge is 2.26. The van der Waals surface area contributed by atoms with Gasteiger partial charge in [0.15, 0.2) is 5.13 Å². The fourth-order valence-electron chi connectivity index (χ4n) is 3.77. The highest BCUT2D eigenvalue weighted by atomic mass is 32.2. The molecule has 1 amide bonds. The van der Waals surface area contributed by atoms with E-state index in [-0.39, 0.29) is 5.91 Å². The Morgan fingerprint density at radius 2 is 1.81 bits per heavy atom. The summed E-state index contributed by atoms with van der Waals surface area (Å²) in [7, 11) is -3.40. The van der Waals surface area contributed by atoms with Crippen molar-refractivity contribution >= 4 is 32.4 Å². The molecular weight excluding hydrogens is 436 g/mol. The molecule has 0 spiro atoms.